The van der Waals surface area contributed by atoms with Gasteiger partial charge in [-0.05, 0) is 20.0 Å². The van der Waals surface area contributed by atoms with Crippen molar-refractivity contribution in [1.82, 2.24) is 4.90 Å². The van der Waals surface area contributed by atoms with Gasteiger partial charge in [0, 0.05) is 6.42 Å². The van der Waals surface area contributed by atoms with E-state index in [9.17, 15) is 4.79 Å². The summed E-state index contributed by atoms with van der Waals surface area (Å²) in [6.07, 6.45) is 0.986. The number of likely N-dealkylation sites (N-methyl/N-ethyl adjacent to an activating group) is 1. The average Bonchev–Trinajstić information content (AvgIpc) is 1.81. The Hall–Kier alpha value is -0.610. The van der Waals surface area contributed by atoms with Gasteiger partial charge in [0.05, 0.1) is 19.3 Å². The molecule has 12 heavy (non-hydrogen) atoms. The zero-order valence-electron chi connectivity index (χ0n) is 7.32. The van der Waals surface area contributed by atoms with E-state index in [-0.39, 0.29) is 6.42 Å². The summed E-state index contributed by atoms with van der Waals surface area (Å²) in [7, 11) is 2.01. The number of carboxylic acid groups (broad SMARTS) is 1. The molecule has 0 saturated carbocycles. The highest BCUT2D eigenvalue weighted by Crippen LogP contribution is 2.08. The molecule has 0 aromatic rings. The molecule has 1 aliphatic heterocycles. The Bertz CT molecular complexity index is 156. The summed E-state index contributed by atoms with van der Waals surface area (Å²) in [6, 6.07) is 0.513. The summed E-state index contributed by atoms with van der Waals surface area (Å²) in [6.45, 7) is 2.44. The molecular formula is C8H15NO3. The first kappa shape index (κ1) is 9.48. The molecule has 4 heteroatoms. The standard InChI is InChI=1S/C8H15NO3/c1-9(7-5-12-6-7)4-2-3-8(10)11/h7H,2-6H2,1H3,(H,10,11). The lowest BCUT2D eigenvalue weighted by atomic mass is 10.2. The Morgan fingerprint density at radius 3 is 2.75 bits per heavy atom. The van der Waals surface area contributed by atoms with Crippen LogP contribution in [0.2, 0.25) is 0 Å². The van der Waals surface area contributed by atoms with Crippen LogP contribution in [0, 0.1) is 0 Å². The van der Waals surface area contributed by atoms with Crippen LogP contribution in [0.4, 0.5) is 0 Å². The van der Waals surface area contributed by atoms with E-state index in [4.69, 9.17) is 9.84 Å². The maximum Gasteiger partial charge on any atom is 0.303 e. The first-order valence-corrected chi connectivity index (χ1v) is 4.20. The number of nitrogens with zero attached hydrogens (tertiary/aromatic N) is 1. The molecule has 4 nitrogen and oxygen atoms in total. The molecule has 1 fully saturated rings. The molecule has 0 spiro atoms. The molecule has 0 bridgehead atoms. The minimum Gasteiger partial charge on any atom is -0.481 e. The molecule has 0 unspecified atom stereocenters. The third kappa shape index (κ3) is 2.79. The molecule has 0 aromatic carbocycles. The Morgan fingerprint density at radius 1 is 1.67 bits per heavy atom. The fourth-order valence-electron chi connectivity index (χ4n) is 1.14. The van der Waals surface area contributed by atoms with Crippen LogP contribution >= 0.6 is 0 Å². The summed E-state index contributed by atoms with van der Waals surface area (Å²) < 4.78 is 5.03. The van der Waals surface area contributed by atoms with E-state index in [2.05, 4.69) is 4.90 Å². The van der Waals surface area contributed by atoms with Gasteiger partial charge in [0.25, 0.3) is 0 Å². The van der Waals surface area contributed by atoms with Crippen LogP contribution in [-0.4, -0.2) is 48.8 Å². The molecule has 1 aliphatic rings. The first-order valence-electron chi connectivity index (χ1n) is 4.20. The van der Waals surface area contributed by atoms with Gasteiger partial charge in [-0.3, -0.25) is 9.69 Å². The Kier molecular flexibility index (Phi) is 3.49. The number of ether oxygens (including phenoxy) is 1. The zero-order chi connectivity index (χ0) is 8.97. The summed E-state index contributed by atoms with van der Waals surface area (Å²) in [5.41, 5.74) is 0. The fraction of sp³-hybridized carbons (Fsp3) is 0.875. The van der Waals surface area contributed by atoms with Crippen LogP contribution in [0.3, 0.4) is 0 Å². The molecule has 0 radical (unpaired) electrons. The van der Waals surface area contributed by atoms with Gasteiger partial charge in [-0.15, -0.1) is 0 Å². The highest BCUT2D eigenvalue weighted by Gasteiger charge is 2.22. The van der Waals surface area contributed by atoms with Crippen LogP contribution in [0.1, 0.15) is 12.8 Å². The SMILES string of the molecule is CN(CCCC(=O)O)C1COC1. The topological polar surface area (TPSA) is 49.8 Å². The highest BCUT2D eigenvalue weighted by atomic mass is 16.5. The maximum absolute atomic E-state index is 10.2. The number of hydrogen-bond donors (Lipinski definition) is 1. The molecular weight excluding hydrogens is 158 g/mol. The van der Waals surface area contributed by atoms with Crippen LogP contribution in [-0.2, 0) is 9.53 Å². The number of aliphatic carboxylic acids is 1. The zero-order valence-corrected chi connectivity index (χ0v) is 7.32. The number of hydrogen-bond acceptors (Lipinski definition) is 3. The van der Waals surface area contributed by atoms with Crippen LogP contribution in [0.15, 0.2) is 0 Å². The minimum absolute atomic E-state index is 0.262. The summed E-state index contributed by atoms with van der Waals surface area (Å²) in [5, 5.41) is 8.39. The second-order valence-electron chi connectivity index (χ2n) is 3.17. The normalized spacial score (nSPS) is 17.8. The second-order valence-corrected chi connectivity index (χ2v) is 3.17. The van der Waals surface area contributed by atoms with Gasteiger partial charge in [0.2, 0.25) is 0 Å². The Morgan fingerprint density at radius 2 is 2.33 bits per heavy atom. The van der Waals surface area contributed by atoms with Gasteiger partial charge < -0.3 is 9.84 Å². The number of rotatable bonds is 5. The monoisotopic (exact) mass is 173 g/mol. The van der Waals surface area contributed by atoms with Gasteiger partial charge >= 0.3 is 5.97 Å². The predicted molar refractivity (Wildman–Crippen MR) is 44.1 cm³/mol. The Balaban J connectivity index is 2.01. The molecule has 1 N–H and O–H groups in total. The van der Waals surface area contributed by atoms with Gasteiger partial charge in [-0.25, -0.2) is 0 Å². The molecule has 0 aromatic heterocycles. The van der Waals surface area contributed by atoms with Crippen molar-refractivity contribution < 1.29 is 14.6 Å². The van der Waals surface area contributed by atoms with Gasteiger partial charge in [0.15, 0.2) is 0 Å². The second kappa shape index (κ2) is 4.42. The first-order chi connectivity index (χ1) is 5.70. The van der Waals surface area contributed by atoms with Crippen molar-refractivity contribution >= 4 is 5.97 Å². The largest absolute Gasteiger partial charge is 0.481 e. The maximum atomic E-state index is 10.2. The van der Waals surface area contributed by atoms with Crippen LogP contribution in [0.5, 0.6) is 0 Å². The van der Waals surface area contributed by atoms with Crippen LogP contribution in [0.25, 0.3) is 0 Å². The van der Waals surface area contributed by atoms with Crippen molar-refractivity contribution in [3.63, 3.8) is 0 Å². The van der Waals surface area contributed by atoms with Gasteiger partial charge in [-0.2, -0.15) is 0 Å². The minimum atomic E-state index is -0.715. The summed E-state index contributed by atoms with van der Waals surface area (Å²) in [5.74, 6) is -0.715. The van der Waals surface area contributed by atoms with E-state index in [1.54, 1.807) is 0 Å². The van der Waals surface area contributed by atoms with Gasteiger partial charge in [0.1, 0.15) is 0 Å². The quantitative estimate of drug-likeness (QED) is 0.644. The van der Waals surface area contributed by atoms with E-state index in [0.29, 0.717) is 6.04 Å². The number of carbonyl (C=O) groups is 1. The van der Waals surface area contributed by atoms with Crippen molar-refractivity contribution in [2.75, 3.05) is 26.8 Å². The highest BCUT2D eigenvalue weighted by molar-refractivity contribution is 5.66. The molecule has 1 saturated heterocycles. The molecule has 1 rings (SSSR count). The molecule has 0 atom stereocenters. The van der Waals surface area contributed by atoms with Crippen molar-refractivity contribution in [3.8, 4) is 0 Å². The van der Waals surface area contributed by atoms with E-state index in [0.717, 1.165) is 26.2 Å². The predicted octanol–water partition coefficient (Wildman–Crippen LogP) is 0.182. The fourth-order valence-corrected chi connectivity index (χ4v) is 1.14. The van der Waals surface area contributed by atoms with E-state index in [1.807, 2.05) is 7.05 Å². The third-order valence-electron chi connectivity index (χ3n) is 2.15. The van der Waals surface area contributed by atoms with Crippen molar-refractivity contribution in [2.45, 2.75) is 18.9 Å². The Labute approximate surface area is 72.1 Å². The van der Waals surface area contributed by atoms with Crippen molar-refractivity contribution in [1.29, 1.82) is 0 Å². The lowest BCUT2D eigenvalue weighted by Gasteiger charge is -2.34. The van der Waals surface area contributed by atoms with E-state index in [1.165, 1.54) is 0 Å². The molecule has 70 valence electrons. The van der Waals surface area contributed by atoms with Crippen LogP contribution < -0.4 is 0 Å². The molecule has 0 aliphatic carbocycles. The molecule has 0 amide bonds. The molecule has 1 heterocycles. The average molecular weight is 173 g/mol. The van der Waals surface area contributed by atoms with E-state index < -0.39 is 5.97 Å². The number of carboxylic acids is 1. The smallest absolute Gasteiger partial charge is 0.303 e. The lowest BCUT2D eigenvalue weighted by Crippen LogP contribution is -2.47. The van der Waals surface area contributed by atoms with Crippen molar-refractivity contribution in [2.24, 2.45) is 0 Å². The summed E-state index contributed by atoms with van der Waals surface area (Å²) >= 11 is 0. The van der Waals surface area contributed by atoms with Crippen molar-refractivity contribution in [3.05, 3.63) is 0 Å². The van der Waals surface area contributed by atoms with E-state index >= 15 is 0 Å². The third-order valence-corrected chi connectivity index (χ3v) is 2.15. The van der Waals surface area contributed by atoms with Gasteiger partial charge in [-0.1, -0.05) is 0 Å². The summed E-state index contributed by atoms with van der Waals surface area (Å²) in [4.78, 5) is 12.4. The lowest BCUT2D eigenvalue weighted by molar-refractivity contribution is -0.137.